The number of hydrogen-bond acceptors (Lipinski definition) is 8. The fourth-order valence-corrected chi connectivity index (χ4v) is 4.78. The maximum atomic E-state index is 12.9. The van der Waals surface area contributed by atoms with Gasteiger partial charge in [-0.25, -0.2) is 0 Å². The number of benzene rings is 1. The van der Waals surface area contributed by atoms with Crippen LogP contribution in [0.15, 0.2) is 47.1 Å². The Morgan fingerprint density at radius 2 is 1.82 bits per heavy atom. The van der Waals surface area contributed by atoms with E-state index in [1.54, 1.807) is 38.2 Å². The topological polar surface area (TPSA) is 161 Å². The van der Waals surface area contributed by atoms with Crippen molar-refractivity contribution >= 4 is 23.6 Å². The van der Waals surface area contributed by atoms with Crippen molar-refractivity contribution in [3.63, 3.8) is 0 Å². The van der Waals surface area contributed by atoms with Gasteiger partial charge in [-0.05, 0) is 33.3 Å². The van der Waals surface area contributed by atoms with Crippen molar-refractivity contribution in [2.45, 2.75) is 58.8 Å². The summed E-state index contributed by atoms with van der Waals surface area (Å²) in [6.45, 7) is 7.09. The number of amides is 2. The first-order chi connectivity index (χ1) is 18.8. The number of aliphatic hydroxyl groups excluding tert-OH is 1. The molecule has 0 spiro atoms. The number of fused-ring (bicyclic) bond motifs is 2. The van der Waals surface area contributed by atoms with Gasteiger partial charge in [0.25, 0.3) is 5.91 Å². The van der Waals surface area contributed by atoms with Crippen LogP contribution >= 0.6 is 0 Å². The molecule has 2 rings (SSSR count). The van der Waals surface area contributed by atoms with Gasteiger partial charge in [0.2, 0.25) is 5.91 Å². The number of carbonyl (C=O) groups is 2. The average molecular weight is 559 g/mol. The van der Waals surface area contributed by atoms with Crippen LogP contribution in [0.5, 0.6) is 17.2 Å². The molecule has 0 saturated heterocycles. The lowest BCUT2D eigenvalue weighted by atomic mass is 9.86. The summed E-state index contributed by atoms with van der Waals surface area (Å²) in [5.74, 6) is -2.32. The average Bonchev–Trinajstić information content (AvgIpc) is 2.90. The molecule has 220 valence electrons. The summed E-state index contributed by atoms with van der Waals surface area (Å²) in [4.78, 5) is 24.8. The van der Waals surface area contributed by atoms with E-state index in [0.717, 1.165) is 5.57 Å². The molecule has 0 fully saturated rings. The molecule has 40 heavy (non-hydrogen) atoms. The van der Waals surface area contributed by atoms with Gasteiger partial charge in [-0.1, -0.05) is 42.4 Å². The fourth-order valence-electron chi connectivity index (χ4n) is 4.78. The first-order valence-corrected chi connectivity index (χ1v) is 13.0. The third-order valence-electron chi connectivity index (χ3n) is 7.06. The van der Waals surface area contributed by atoms with Crippen molar-refractivity contribution in [2.75, 3.05) is 26.6 Å². The van der Waals surface area contributed by atoms with Gasteiger partial charge >= 0.3 is 0 Å². The quantitative estimate of drug-likeness (QED) is 0.207. The molecule has 0 radical (unpaired) electrons. The molecule has 1 aliphatic rings. The van der Waals surface area contributed by atoms with Crippen molar-refractivity contribution in [1.82, 2.24) is 0 Å². The number of methoxy groups -OCH3 is 3. The van der Waals surface area contributed by atoms with Gasteiger partial charge in [-0.15, -0.1) is 0 Å². The van der Waals surface area contributed by atoms with Crippen LogP contribution in [0.3, 0.4) is 0 Å². The molecule has 5 unspecified atom stereocenters. The Morgan fingerprint density at radius 1 is 1.15 bits per heavy atom. The zero-order valence-electron chi connectivity index (χ0n) is 24.2. The van der Waals surface area contributed by atoms with Crippen LogP contribution in [0, 0.1) is 11.8 Å². The minimum Gasteiger partial charge on any atom is -0.505 e. The first kappa shape index (κ1) is 32.6. The molecular weight excluding hydrogens is 516 g/mol. The largest absolute Gasteiger partial charge is 0.505 e. The van der Waals surface area contributed by atoms with Gasteiger partial charge in [0, 0.05) is 44.1 Å². The maximum absolute atomic E-state index is 12.9. The highest BCUT2D eigenvalue weighted by atomic mass is 16.5. The van der Waals surface area contributed by atoms with Crippen molar-refractivity contribution < 1.29 is 39.1 Å². The lowest BCUT2D eigenvalue weighted by Crippen LogP contribution is -2.34. The number of primary amides is 1. The molecule has 0 aromatic heterocycles. The fraction of sp³-hybridized carbons (Fsp3) is 0.467. The zero-order valence-corrected chi connectivity index (χ0v) is 24.2. The normalized spacial score (nSPS) is 24.9. The molecular formula is C30H42N2O8. The Hall–Kier alpha value is -3.60. The highest BCUT2D eigenvalue weighted by molar-refractivity contribution is 6.05. The third kappa shape index (κ3) is 8.20. The summed E-state index contributed by atoms with van der Waals surface area (Å²) in [5, 5.41) is 35.4. The van der Waals surface area contributed by atoms with E-state index < -0.39 is 36.0 Å². The predicted octanol–water partition coefficient (Wildman–Crippen LogP) is 3.82. The lowest BCUT2D eigenvalue weighted by molar-refractivity contribution is -0.119. The number of phenols is 2. The minimum atomic E-state index is -0.920. The first-order valence-electron chi connectivity index (χ1n) is 13.0. The lowest BCUT2D eigenvalue weighted by Gasteiger charge is -2.28. The number of rotatable bonds is 5. The monoisotopic (exact) mass is 558 g/mol. The van der Waals surface area contributed by atoms with Crippen molar-refractivity contribution in [1.29, 1.82) is 0 Å². The third-order valence-corrected chi connectivity index (χ3v) is 7.06. The van der Waals surface area contributed by atoms with E-state index in [9.17, 15) is 24.9 Å². The zero-order chi connectivity index (χ0) is 30.1. The van der Waals surface area contributed by atoms with Gasteiger partial charge in [-0.2, -0.15) is 0 Å². The van der Waals surface area contributed by atoms with E-state index in [0.29, 0.717) is 11.1 Å². The Kier molecular flexibility index (Phi) is 12.0. The second-order valence-electron chi connectivity index (χ2n) is 10.1. The molecule has 5 atom stereocenters. The van der Waals surface area contributed by atoms with Crippen LogP contribution in [0.2, 0.25) is 0 Å². The number of nitrogens with one attached hydrogen (secondary N) is 1. The van der Waals surface area contributed by atoms with Crippen LogP contribution < -0.4 is 15.8 Å². The number of aromatic hydroxyl groups is 2. The van der Waals surface area contributed by atoms with Gasteiger partial charge < -0.3 is 40.6 Å². The van der Waals surface area contributed by atoms with Crippen LogP contribution in [0.4, 0.5) is 5.69 Å². The summed E-state index contributed by atoms with van der Waals surface area (Å²) in [6, 6.07) is 1.21. The van der Waals surface area contributed by atoms with E-state index in [2.05, 4.69) is 5.32 Å². The molecule has 1 aromatic carbocycles. The van der Waals surface area contributed by atoms with Crippen LogP contribution in [-0.2, 0) is 19.1 Å². The highest BCUT2D eigenvalue weighted by Gasteiger charge is 2.28. The Morgan fingerprint density at radius 3 is 2.40 bits per heavy atom. The minimum absolute atomic E-state index is 0.00920. The number of allylic oxidation sites excluding steroid dienone is 2. The van der Waals surface area contributed by atoms with E-state index >= 15 is 0 Å². The summed E-state index contributed by atoms with van der Waals surface area (Å²) < 4.78 is 16.6. The van der Waals surface area contributed by atoms with Gasteiger partial charge in [0.1, 0.15) is 5.75 Å². The number of hydrogen-bond donors (Lipinski definition) is 5. The number of phenolic OH excluding ortho intramolecular Hbond substituents is 2. The van der Waals surface area contributed by atoms with Crippen LogP contribution in [-0.4, -0.2) is 66.8 Å². The molecule has 0 saturated carbocycles. The number of nitrogens with two attached hydrogens (primary N) is 1. The van der Waals surface area contributed by atoms with Gasteiger partial charge in [-0.3, -0.25) is 9.59 Å². The maximum Gasteiger partial charge on any atom is 0.251 e. The van der Waals surface area contributed by atoms with E-state index in [-0.39, 0.29) is 47.3 Å². The van der Waals surface area contributed by atoms with E-state index in [1.807, 2.05) is 19.9 Å². The Balaban J connectivity index is 2.72. The molecule has 1 heterocycles. The summed E-state index contributed by atoms with van der Waals surface area (Å²) >= 11 is 0. The SMILES string of the molecule is COc1c(O)cc2c(O)c1C=C(C)CC(OC)C(O)C(C)C=C(C)C(CC(N)=O)C(OC)C=CC=C(C)C(=O)N2. The molecule has 0 aliphatic carbocycles. The Labute approximate surface area is 235 Å². The van der Waals surface area contributed by atoms with Crippen molar-refractivity contribution in [3.05, 3.63) is 52.7 Å². The molecule has 1 aromatic rings. The molecule has 10 nitrogen and oxygen atoms in total. The number of anilines is 1. The molecule has 2 bridgehead atoms. The number of aliphatic hydroxyl groups is 1. The molecule has 1 aliphatic heterocycles. The van der Waals surface area contributed by atoms with Gasteiger partial charge in [0.15, 0.2) is 11.5 Å². The second kappa shape index (κ2) is 14.7. The van der Waals surface area contributed by atoms with Crippen molar-refractivity contribution in [3.8, 4) is 17.2 Å². The summed E-state index contributed by atoms with van der Waals surface area (Å²) in [6.07, 6.45) is 6.63. The van der Waals surface area contributed by atoms with Crippen LogP contribution in [0.25, 0.3) is 6.08 Å². The predicted molar refractivity (Wildman–Crippen MR) is 154 cm³/mol. The molecule has 6 N–H and O–H groups in total. The highest BCUT2D eigenvalue weighted by Crippen LogP contribution is 2.43. The molecule has 10 heteroatoms. The second-order valence-corrected chi connectivity index (χ2v) is 10.1. The molecule has 2 amide bonds. The number of ether oxygens (including phenoxy) is 3. The Bertz CT molecular complexity index is 1200. The smallest absolute Gasteiger partial charge is 0.251 e. The summed E-state index contributed by atoms with van der Waals surface area (Å²) in [5.41, 5.74) is 7.53. The van der Waals surface area contributed by atoms with Crippen molar-refractivity contribution in [2.24, 2.45) is 17.6 Å². The van der Waals surface area contributed by atoms with Crippen LogP contribution in [0.1, 0.15) is 46.1 Å². The van der Waals surface area contributed by atoms with Gasteiger partial charge in [0.05, 0.1) is 36.7 Å². The standard InChI is InChI=1S/C30H42N2O8/c1-16-11-21-28(36)22(15-23(33)29(21)40-7)32-30(37)17(2)9-8-10-24(38-5)20(14-26(31)34)18(3)13-19(4)27(35)25(12-16)39-6/h8-11,13,15,19-20,24-25,27,33,35-36H,12,14H2,1-7H3,(H2,31,34)(H,32,37). The number of carbonyl (C=O) groups excluding carboxylic acids is 2. The van der Waals surface area contributed by atoms with E-state index in [4.69, 9.17) is 19.9 Å². The van der Waals surface area contributed by atoms with E-state index in [1.165, 1.54) is 27.4 Å². The summed E-state index contributed by atoms with van der Waals surface area (Å²) in [7, 11) is 4.37.